The molecule has 0 saturated carbocycles. The van der Waals surface area contributed by atoms with Crippen LogP contribution in [0.15, 0.2) is 71.6 Å². The largest absolute Gasteiger partial charge is 0.457 e. The average molecular weight is 421 g/mol. The number of anilines is 1. The lowest BCUT2D eigenvalue weighted by atomic mass is 10.1. The average Bonchev–Trinajstić information content (AvgIpc) is 2.64. The summed E-state index contributed by atoms with van der Waals surface area (Å²) in [6.45, 7) is 0. The van der Waals surface area contributed by atoms with Crippen LogP contribution in [0.25, 0.3) is 0 Å². The van der Waals surface area contributed by atoms with Crippen molar-refractivity contribution in [2.45, 2.75) is 4.90 Å². The molecule has 0 aliphatic heterocycles. The van der Waals surface area contributed by atoms with Gasteiger partial charge in [-0.25, -0.2) is 17.9 Å². The summed E-state index contributed by atoms with van der Waals surface area (Å²) in [5.74, 6) is -0.479. The molecule has 1 amide bonds. The Morgan fingerprint density at radius 1 is 1.04 bits per heavy atom. The number of sulfonamides is 1. The van der Waals surface area contributed by atoms with Gasteiger partial charge in [0.25, 0.3) is 5.91 Å². The van der Waals surface area contributed by atoms with E-state index in [0.717, 1.165) is 0 Å². The minimum atomic E-state index is -3.91. The zero-order valence-electron chi connectivity index (χ0n) is 14.2. The zero-order valence-corrected chi connectivity index (χ0v) is 15.8. The van der Waals surface area contributed by atoms with Crippen LogP contribution in [-0.2, 0) is 10.0 Å². The molecule has 0 aliphatic carbocycles. The van der Waals surface area contributed by atoms with Gasteiger partial charge in [0.15, 0.2) is 0 Å². The summed E-state index contributed by atoms with van der Waals surface area (Å²) in [4.78, 5) is 12.6. The third kappa shape index (κ3) is 4.86. The van der Waals surface area contributed by atoms with Crippen LogP contribution in [0.4, 0.5) is 10.1 Å². The number of nitrogens with two attached hydrogens (primary N) is 1. The minimum Gasteiger partial charge on any atom is -0.457 e. The molecule has 0 unspecified atom stereocenters. The molecule has 0 bridgehead atoms. The molecule has 0 aromatic heterocycles. The number of benzene rings is 3. The van der Waals surface area contributed by atoms with E-state index in [1.165, 1.54) is 60.7 Å². The van der Waals surface area contributed by atoms with Gasteiger partial charge in [-0.15, -0.1) is 0 Å². The summed E-state index contributed by atoms with van der Waals surface area (Å²) < 4.78 is 41.6. The normalized spacial score (nSPS) is 11.1. The third-order valence-electron chi connectivity index (χ3n) is 3.65. The van der Waals surface area contributed by atoms with Crippen molar-refractivity contribution in [2.75, 3.05) is 5.32 Å². The molecule has 0 aliphatic rings. The SMILES string of the molecule is NS(=O)(=O)c1cccc(NC(=O)c2cc(Cl)ccc2Oc2ccc(F)cc2)c1. The summed E-state index contributed by atoms with van der Waals surface area (Å²) in [6, 6.07) is 15.2. The number of halogens is 2. The number of carbonyl (C=O) groups is 1. The Balaban J connectivity index is 1.89. The first-order valence-corrected chi connectivity index (χ1v) is 9.82. The van der Waals surface area contributed by atoms with Crippen molar-refractivity contribution in [3.63, 3.8) is 0 Å². The molecule has 0 spiro atoms. The van der Waals surface area contributed by atoms with Crippen molar-refractivity contribution in [1.82, 2.24) is 0 Å². The van der Waals surface area contributed by atoms with Gasteiger partial charge in [0.2, 0.25) is 10.0 Å². The lowest BCUT2D eigenvalue weighted by Crippen LogP contribution is -2.15. The Hall–Kier alpha value is -2.94. The van der Waals surface area contributed by atoms with Gasteiger partial charge in [-0.3, -0.25) is 4.79 Å². The molecule has 6 nitrogen and oxygen atoms in total. The maximum absolute atomic E-state index is 13.1. The van der Waals surface area contributed by atoms with Crippen LogP contribution in [0.2, 0.25) is 5.02 Å². The second-order valence-corrected chi connectivity index (χ2v) is 7.72. The number of carbonyl (C=O) groups excluding carboxylic acids is 1. The van der Waals surface area contributed by atoms with Gasteiger partial charge in [-0.1, -0.05) is 17.7 Å². The van der Waals surface area contributed by atoms with Gasteiger partial charge in [-0.2, -0.15) is 0 Å². The van der Waals surface area contributed by atoms with E-state index in [0.29, 0.717) is 10.8 Å². The van der Waals surface area contributed by atoms with Crippen LogP contribution in [0.3, 0.4) is 0 Å². The van der Waals surface area contributed by atoms with E-state index in [9.17, 15) is 17.6 Å². The first kappa shape index (κ1) is 19.8. The van der Waals surface area contributed by atoms with Crippen LogP contribution in [-0.4, -0.2) is 14.3 Å². The lowest BCUT2D eigenvalue weighted by molar-refractivity contribution is 0.102. The number of rotatable bonds is 5. The van der Waals surface area contributed by atoms with E-state index in [-0.39, 0.29) is 21.9 Å². The molecule has 3 N–H and O–H groups in total. The molecule has 0 heterocycles. The quantitative estimate of drug-likeness (QED) is 0.647. The molecule has 0 atom stereocenters. The summed E-state index contributed by atoms with van der Waals surface area (Å²) >= 11 is 5.99. The maximum atomic E-state index is 13.1. The third-order valence-corrected chi connectivity index (χ3v) is 4.79. The van der Waals surface area contributed by atoms with Gasteiger partial charge < -0.3 is 10.1 Å². The summed E-state index contributed by atoms with van der Waals surface area (Å²) in [5.41, 5.74) is 0.335. The first-order valence-electron chi connectivity index (χ1n) is 7.89. The smallest absolute Gasteiger partial charge is 0.259 e. The molecule has 0 saturated heterocycles. The van der Waals surface area contributed by atoms with Crippen molar-refractivity contribution in [1.29, 1.82) is 0 Å². The monoisotopic (exact) mass is 420 g/mol. The summed E-state index contributed by atoms with van der Waals surface area (Å²) in [7, 11) is -3.91. The van der Waals surface area contributed by atoms with Crippen LogP contribution in [0, 0.1) is 5.82 Å². The Bertz CT molecular complexity index is 1130. The second kappa shape index (κ2) is 7.97. The van der Waals surface area contributed by atoms with Crippen molar-refractivity contribution in [2.24, 2.45) is 5.14 Å². The second-order valence-electron chi connectivity index (χ2n) is 5.72. The zero-order chi connectivity index (χ0) is 20.3. The number of ether oxygens (including phenoxy) is 1. The molecular weight excluding hydrogens is 407 g/mol. The van der Waals surface area contributed by atoms with Crippen molar-refractivity contribution >= 4 is 33.2 Å². The van der Waals surface area contributed by atoms with Gasteiger partial charge in [0.1, 0.15) is 17.3 Å². The number of amides is 1. The topological polar surface area (TPSA) is 98.5 Å². The highest BCUT2D eigenvalue weighted by atomic mass is 35.5. The van der Waals surface area contributed by atoms with E-state index in [4.69, 9.17) is 21.5 Å². The Morgan fingerprint density at radius 3 is 2.43 bits per heavy atom. The molecular formula is C19H14ClFN2O4S. The van der Waals surface area contributed by atoms with Gasteiger partial charge in [-0.05, 0) is 60.7 Å². The van der Waals surface area contributed by atoms with Crippen LogP contribution >= 0.6 is 11.6 Å². The number of hydrogen-bond donors (Lipinski definition) is 2. The highest BCUT2D eigenvalue weighted by Gasteiger charge is 2.16. The van der Waals surface area contributed by atoms with Crippen LogP contribution in [0.5, 0.6) is 11.5 Å². The lowest BCUT2D eigenvalue weighted by Gasteiger charge is -2.12. The van der Waals surface area contributed by atoms with E-state index in [2.05, 4.69) is 5.32 Å². The van der Waals surface area contributed by atoms with Gasteiger partial charge >= 0.3 is 0 Å². The predicted octanol–water partition coefficient (Wildman–Crippen LogP) is 4.17. The Morgan fingerprint density at radius 2 is 1.75 bits per heavy atom. The van der Waals surface area contributed by atoms with E-state index >= 15 is 0 Å². The summed E-state index contributed by atoms with van der Waals surface area (Å²) in [6.07, 6.45) is 0. The van der Waals surface area contributed by atoms with E-state index in [1.807, 2.05) is 0 Å². The molecule has 144 valence electrons. The molecule has 3 aromatic carbocycles. The fraction of sp³-hybridized carbons (Fsp3) is 0. The fourth-order valence-corrected chi connectivity index (χ4v) is 3.08. The van der Waals surface area contributed by atoms with E-state index in [1.54, 1.807) is 6.07 Å². The predicted molar refractivity (Wildman–Crippen MR) is 104 cm³/mol. The molecule has 9 heteroatoms. The van der Waals surface area contributed by atoms with Gasteiger partial charge in [0.05, 0.1) is 10.5 Å². The molecule has 3 rings (SSSR count). The Labute approximate surface area is 165 Å². The molecule has 0 fully saturated rings. The highest BCUT2D eigenvalue weighted by molar-refractivity contribution is 7.89. The molecule has 0 radical (unpaired) electrons. The van der Waals surface area contributed by atoms with Crippen LogP contribution in [0.1, 0.15) is 10.4 Å². The number of hydrogen-bond acceptors (Lipinski definition) is 4. The molecule has 28 heavy (non-hydrogen) atoms. The number of nitrogens with one attached hydrogen (secondary N) is 1. The fourth-order valence-electron chi connectivity index (χ4n) is 2.35. The van der Waals surface area contributed by atoms with Crippen LogP contribution < -0.4 is 15.2 Å². The summed E-state index contributed by atoms with van der Waals surface area (Å²) in [5, 5.41) is 7.98. The van der Waals surface area contributed by atoms with Gasteiger partial charge in [0, 0.05) is 10.7 Å². The molecule has 3 aromatic rings. The van der Waals surface area contributed by atoms with E-state index < -0.39 is 21.7 Å². The van der Waals surface area contributed by atoms with Crippen molar-refractivity contribution in [3.8, 4) is 11.5 Å². The van der Waals surface area contributed by atoms with Crippen molar-refractivity contribution in [3.05, 3.63) is 83.1 Å². The van der Waals surface area contributed by atoms with Crippen molar-refractivity contribution < 1.29 is 22.3 Å². The number of primary sulfonamides is 1. The Kier molecular flexibility index (Phi) is 5.64. The highest BCUT2D eigenvalue weighted by Crippen LogP contribution is 2.29. The maximum Gasteiger partial charge on any atom is 0.259 e. The minimum absolute atomic E-state index is 0.109. The standard InChI is InChI=1S/C19H14ClFN2O4S/c20-12-4-9-18(27-15-7-5-13(21)6-8-15)17(10-12)19(24)23-14-2-1-3-16(11-14)28(22,25)26/h1-11H,(H,23,24)(H2,22,25,26). The first-order chi connectivity index (χ1) is 13.2.